The first-order valence-corrected chi connectivity index (χ1v) is 4.74. The van der Waals surface area contributed by atoms with Crippen molar-refractivity contribution in [2.45, 2.75) is 37.8 Å². The maximum Gasteiger partial charge on any atom is 0.245 e. The highest BCUT2D eigenvalue weighted by molar-refractivity contribution is 5.90. The Kier molecular flexibility index (Phi) is 1.98. The van der Waals surface area contributed by atoms with Crippen LogP contribution in [0.1, 0.15) is 25.7 Å². The maximum atomic E-state index is 11.7. The molecule has 1 unspecified atom stereocenters. The molecule has 2 rings (SSSR count). The lowest BCUT2D eigenvalue weighted by Gasteiger charge is -2.20. The lowest BCUT2D eigenvalue weighted by molar-refractivity contribution is -0.133. The Bertz CT molecular complexity index is 248. The molecule has 4 nitrogen and oxygen atoms in total. The van der Waals surface area contributed by atoms with Crippen LogP contribution in [0.15, 0.2) is 0 Å². The lowest BCUT2D eigenvalue weighted by Crippen LogP contribution is -2.43. The van der Waals surface area contributed by atoms with Crippen LogP contribution in [-0.4, -0.2) is 35.8 Å². The van der Waals surface area contributed by atoms with Gasteiger partial charge in [-0.25, -0.2) is 0 Å². The second-order valence-corrected chi connectivity index (χ2v) is 3.84. The van der Waals surface area contributed by atoms with Gasteiger partial charge in [-0.2, -0.15) is 0 Å². The van der Waals surface area contributed by atoms with E-state index in [2.05, 4.69) is 5.32 Å². The van der Waals surface area contributed by atoms with Gasteiger partial charge >= 0.3 is 0 Å². The fourth-order valence-electron chi connectivity index (χ4n) is 1.69. The van der Waals surface area contributed by atoms with E-state index in [0.29, 0.717) is 18.9 Å². The minimum Gasteiger partial charge on any atom is -0.344 e. The summed E-state index contributed by atoms with van der Waals surface area (Å²) in [6.45, 7) is 0. The number of nitrogens with zero attached hydrogens (tertiary/aromatic N) is 1. The molecule has 1 N–H and O–H groups in total. The molecule has 1 saturated heterocycles. The molecule has 1 saturated carbocycles. The third-order valence-electron chi connectivity index (χ3n) is 2.74. The molecule has 0 aromatic rings. The molecule has 2 fully saturated rings. The summed E-state index contributed by atoms with van der Waals surface area (Å²) in [4.78, 5) is 24.3. The number of likely N-dealkylation sites (N-methyl/N-ethyl adjacent to an activating group) is 1. The summed E-state index contributed by atoms with van der Waals surface area (Å²) in [5.74, 6) is 0.0795. The van der Waals surface area contributed by atoms with Gasteiger partial charge in [-0.1, -0.05) is 0 Å². The van der Waals surface area contributed by atoms with Crippen molar-refractivity contribution in [3.63, 3.8) is 0 Å². The van der Waals surface area contributed by atoms with Crippen molar-refractivity contribution in [2.75, 3.05) is 7.05 Å². The Balaban J connectivity index is 1.92. The van der Waals surface area contributed by atoms with Crippen LogP contribution in [0.3, 0.4) is 0 Å². The number of carbonyl (C=O) groups excluding carboxylic acids is 2. The Hall–Kier alpha value is -1.06. The highest BCUT2D eigenvalue weighted by Gasteiger charge is 2.35. The SMILES string of the molecule is CN(C(=O)C1CCC(=O)N1)C1CC1. The summed E-state index contributed by atoms with van der Waals surface area (Å²) in [6.07, 6.45) is 3.38. The fraction of sp³-hybridized carbons (Fsp3) is 0.778. The minimum absolute atomic E-state index is 0.00236. The molecule has 2 amide bonds. The highest BCUT2D eigenvalue weighted by Crippen LogP contribution is 2.26. The van der Waals surface area contributed by atoms with Crippen molar-refractivity contribution in [1.82, 2.24) is 10.2 Å². The molecule has 1 aliphatic heterocycles. The van der Waals surface area contributed by atoms with E-state index >= 15 is 0 Å². The standard InChI is InChI=1S/C9H14N2O2/c1-11(6-2-3-6)9(13)7-4-5-8(12)10-7/h6-7H,2-5H2,1H3,(H,10,12). The zero-order valence-electron chi connectivity index (χ0n) is 7.75. The zero-order valence-corrected chi connectivity index (χ0v) is 7.75. The van der Waals surface area contributed by atoms with Crippen LogP contribution in [0.2, 0.25) is 0 Å². The third-order valence-corrected chi connectivity index (χ3v) is 2.74. The lowest BCUT2D eigenvalue weighted by atomic mass is 10.2. The van der Waals surface area contributed by atoms with E-state index in [0.717, 1.165) is 12.8 Å². The summed E-state index contributed by atoms with van der Waals surface area (Å²) >= 11 is 0. The van der Waals surface area contributed by atoms with E-state index in [-0.39, 0.29) is 17.9 Å². The van der Waals surface area contributed by atoms with Crippen LogP contribution >= 0.6 is 0 Å². The largest absolute Gasteiger partial charge is 0.344 e. The van der Waals surface area contributed by atoms with Crippen molar-refractivity contribution >= 4 is 11.8 Å². The van der Waals surface area contributed by atoms with Crippen molar-refractivity contribution < 1.29 is 9.59 Å². The number of rotatable bonds is 2. The topological polar surface area (TPSA) is 49.4 Å². The first kappa shape index (κ1) is 8.53. The third kappa shape index (κ3) is 1.66. The molecule has 0 radical (unpaired) electrons. The van der Waals surface area contributed by atoms with Crippen LogP contribution in [0.4, 0.5) is 0 Å². The quantitative estimate of drug-likeness (QED) is 0.647. The predicted molar refractivity (Wildman–Crippen MR) is 47.0 cm³/mol. The monoisotopic (exact) mass is 182 g/mol. The van der Waals surface area contributed by atoms with E-state index in [9.17, 15) is 9.59 Å². The normalized spacial score (nSPS) is 27.2. The van der Waals surface area contributed by atoms with Crippen LogP contribution < -0.4 is 5.32 Å². The summed E-state index contributed by atoms with van der Waals surface area (Å²) in [5.41, 5.74) is 0. The molecule has 1 atom stereocenters. The molecule has 4 heteroatoms. The molecule has 72 valence electrons. The van der Waals surface area contributed by atoms with Crippen LogP contribution in [-0.2, 0) is 9.59 Å². The Labute approximate surface area is 77.3 Å². The fourth-order valence-corrected chi connectivity index (χ4v) is 1.69. The molecule has 0 aromatic heterocycles. The van der Waals surface area contributed by atoms with Gasteiger partial charge in [-0.05, 0) is 19.3 Å². The maximum absolute atomic E-state index is 11.7. The van der Waals surface area contributed by atoms with Crippen LogP contribution in [0, 0.1) is 0 Å². The van der Waals surface area contributed by atoms with Gasteiger partial charge in [0.2, 0.25) is 11.8 Å². The Morgan fingerprint density at radius 3 is 2.62 bits per heavy atom. The summed E-state index contributed by atoms with van der Waals surface area (Å²) in [6, 6.07) is 0.183. The first-order valence-electron chi connectivity index (χ1n) is 4.74. The second kappa shape index (κ2) is 3.01. The highest BCUT2D eigenvalue weighted by atomic mass is 16.2. The van der Waals surface area contributed by atoms with Gasteiger partial charge in [-0.3, -0.25) is 9.59 Å². The number of nitrogens with one attached hydrogen (secondary N) is 1. The van der Waals surface area contributed by atoms with Gasteiger partial charge in [0.1, 0.15) is 6.04 Å². The van der Waals surface area contributed by atoms with E-state index in [4.69, 9.17) is 0 Å². The second-order valence-electron chi connectivity index (χ2n) is 3.84. The van der Waals surface area contributed by atoms with Gasteiger partial charge in [0.05, 0.1) is 0 Å². The van der Waals surface area contributed by atoms with Crippen molar-refractivity contribution in [2.24, 2.45) is 0 Å². The number of carbonyl (C=O) groups is 2. The number of hydrogen-bond donors (Lipinski definition) is 1. The first-order chi connectivity index (χ1) is 6.18. The van der Waals surface area contributed by atoms with Crippen LogP contribution in [0.25, 0.3) is 0 Å². The zero-order chi connectivity index (χ0) is 9.42. The molecule has 1 aliphatic carbocycles. The van der Waals surface area contributed by atoms with E-state index in [1.165, 1.54) is 0 Å². The number of amides is 2. The van der Waals surface area contributed by atoms with Crippen LogP contribution in [0.5, 0.6) is 0 Å². The molecule has 2 aliphatic rings. The summed E-state index contributed by atoms with van der Waals surface area (Å²) < 4.78 is 0. The Morgan fingerprint density at radius 1 is 1.46 bits per heavy atom. The minimum atomic E-state index is -0.252. The van der Waals surface area contributed by atoms with Gasteiger partial charge in [0.15, 0.2) is 0 Å². The average molecular weight is 182 g/mol. The van der Waals surface area contributed by atoms with Crippen molar-refractivity contribution in [1.29, 1.82) is 0 Å². The number of hydrogen-bond acceptors (Lipinski definition) is 2. The molecule has 0 aromatic carbocycles. The molecule has 0 spiro atoms. The summed E-state index contributed by atoms with van der Waals surface area (Å²) in [5, 5.41) is 2.69. The smallest absolute Gasteiger partial charge is 0.245 e. The molecule has 1 heterocycles. The van der Waals surface area contributed by atoms with Crippen molar-refractivity contribution in [3.05, 3.63) is 0 Å². The molecule has 13 heavy (non-hydrogen) atoms. The Morgan fingerprint density at radius 2 is 2.15 bits per heavy atom. The predicted octanol–water partition coefficient (Wildman–Crippen LogP) is -0.114. The molecular weight excluding hydrogens is 168 g/mol. The van der Waals surface area contributed by atoms with E-state index in [1.54, 1.807) is 4.90 Å². The van der Waals surface area contributed by atoms with Gasteiger partial charge in [-0.15, -0.1) is 0 Å². The van der Waals surface area contributed by atoms with Gasteiger partial charge in [0.25, 0.3) is 0 Å². The van der Waals surface area contributed by atoms with E-state index < -0.39 is 0 Å². The van der Waals surface area contributed by atoms with Gasteiger partial charge < -0.3 is 10.2 Å². The molecular formula is C9H14N2O2. The average Bonchev–Trinajstić information content (AvgIpc) is 2.87. The summed E-state index contributed by atoms with van der Waals surface area (Å²) in [7, 11) is 1.82. The molecule has 0 bridgehead atoms. The van der Waals surface area contributed by atoms with Gasteiger partial charge in [0, 0.05) is 19.5 Å². The van der Waals surface area contributed by atoms with E-state index in [1.807, 2.05) is 7.05 Å². The van der Waals surface area contributed by atoms with Crippen molar-refractivity contribution in [3.8, 4) is 0 Å².